The minimum atomic E-state index is -4.78. The molecular formula is C39H30BCl2F3N4O8. The molecule has 2 aliphatic carbocycles. The molecule has 3 heterocycles. The number of allylic oxidation sites excluding steroid dienone is 2. The van der Waals surface area contributed by atoms with Gasteiger partial charge in [0.2, 0.25) is 11.8 Å². The highest BCUT2D eigenvalue weighted by atomic mass is 35.5. The molecule has 6 atom stereocenters. The minimum absolute atomic E-state index is 0.0394. The Hall–Kier alpha value is -5.42. The number of halogens is 5. The molecule has 57 heavy (non-hydrogen) atoms. The number of carbonyl (C=O) groups excluding carboxylic acids is 4. The molecule has 0 radical (unpaired) electrons. The Morgan fingerprint density at radius 1 is 0.947 bits per heavy atom. The molecule has 2 aliphatic heterocycles. The summed E-state index contributed by atoms with van der Waals surface area (Å²) in [4.78, 5) is 63.6. The first-order chi connectivity index (χ1) is 27.1. The van der Waals surface area contributed by atoms with Gasteiger partial charge in [-0.3, -0.25) is 29.5 Å². The number of hydrazine groups is 1. The van der Waals surface area contributed by atoms with E-state index in [-0.39, 0.29) is 41.1 Å². The number of fused-ring (bicyclic) bond motifs is 4. The molecule has 0 unspecified atom stereocenters. The Morgan fingerprint density at radius 2 is 1.67 bits per heavy atom. The van der Waals surface area contributed by atoms with Crippen molar-refractivity contribution in [2.45, 2.75) is 30.4 Å². The molecule has 4 amide bonds. The molecule has 292 valence electrons. The van der Waals surface area contributed by atoms with E-state index >= 15 is 4.79 Å². The fourth-order valence-electron chi connectivity index (χ4n) is 9.14. The summed E-state index contributed by atoms with van der Waals surface area (Å²) in [6, 6.07) is 17.1. The summed E-state index contributed by atoms with van der Waals surface area (Å²) >= 11 is 12.6. The van der Waals surface area contributed by atoms with Gasteiger partial charge in [0.25, 0.3) is 11.8 Å². The van der Waals surface area contributed by atoms with E-state index < -0.39 is 88.3 Å². The average Bonchev–Trinajstić information content (AvgIpc) is 3.56. The predicted molar refractivity (Wildman–Crippen MR) is 200 cm³/mol. The second-order valence-electron chi connectivity index (χ2n) is 14.3. The molecule has 1 aromatic heterocycles. The molecule has 0 spiro atoms. The monoisotopic (exact) mass is 820 g/mol. The number of methoxy groups -OCH3 is 1. The van der Waals surface area contributed by atoms with Crippen LogP contribution < -0.4 is 20.5 Å². The first-order valence-corrected chi connectivity index (χ1v) is 18.4. The number of hydrogen-bond acceptors (Lipinski definition) is 10. The lowest BCUT2D eigenvalue weighted by Gasteiger charge is -2.50. The number of nitrogens with one attached hydrogen (secondary N) is 1. The molecule has 1 saturated carbocycles. The zero-order valence-corrected chi connectivity index (χ0v) is 31.1. The largest absolute Gasteiger partial charge is 0.504 e. The lowest BCUT2D eigenvalue weighted by atomic mass is 9.49. The molecule has 18 heteroatoms. The number of amides is 4. The number of anilines is 2. The van der Waals surface area contributed by atoms with E-state index in [4.69, 9.17) is 27.9 Å². The Labute approximate surface area is 332 Å². The summed E-state index contributed by atoms with van der Waals surface area (Å²) < 4.78 is 46.0. The minimum Gasteiger partial charge on any atom is -0.504 e. The van der Waals surface area contributed by atoms with Crippen LogP contribution in [-0.4, -0.2) is 63.0 Å². The number of alkyl halides is 3. The summed E-state index contributed by atoms with van der Waals surface area (Å²) in [5, 5.41) is 31.9. The number of hydrogen-bond donors (Lipinski definition) is 4. The predicted octanol–water partition coefficient (Wildman–Crippen LogP) is 4.99. The molecule has 4 aromatic rings. The van der Waals surface area contributed by atoms with Crippen LogP contribution in [0.4, 0.5) is 24.7 Å². The maximum atomic E-state index is 15.3. The quantitative estimate of drug-likeness (QED) is 0.113. The summed E-state index contributed by atoms with van der Waals surface area (Å²) in [7, 11) is -0.539. The van der Waals surface area contributed by atoms with Crippen molar-refractivity contribution < 1.29 is 52.2 Å². The number of imide groups is 2. The summed E-state index contributed by atoms with van der Waals surface area (Å²) in [6.45, 7) is 0. The molecule has 12 nitrogen and oxygen atoms in total. The number of para-hydroxylation sites is 1. The molecule has 0 bridgehead atoms. The van der Waals surface area contributed by atoms with E-state index in [1.165, 1.54) is 49.6 Å². The van der Waals surface area contributed by atoms with Crippen molar-refractivity contribution in [2.75, 3.05) is 17.4 Å². The Balaban J connectivity index is 1.32. The number of benzene rings is 3. The molecule has 2 saturated heterocycles. The van der Waals surface area contributed by atoms with Crippen molar-refractivity contribution in [3.05, 3.63) is 117 Å². The van der Waals surface area contributed by atoms with Crippen LogP contribution in [0.1, 0.15) is 35.4 Å². The lowest BCUT2D eigenvalue weighted by molar-refractivity contribution is -0.139. The van der Waals surface area contributed by atoms with Crippen LogP contribution in [0, 0.1) is 23.7 Å². The second kappa shape index (κ2) is 13.9. The Kier molecular flexibility index (Phi) is 9.38. The van der Waals surface area contributed by atoms with Crippen LogP contribution in [0.15, 0.2) is 90.6 Å². The molecular weight excluding hydrogens is 791 g/mol. The zero-order valence-electron chi connectivity index (χ0n) is 29.6. The fraction of sp³-hybridized carbons (Fsp3) is 0.256. The van der Waals surface area contributed by atoms with Crippen molar-refractivity contribution in [3.8, 4) is 11.5 Å². The number of rotatable bonds is 7. The highest BCUT2D eigenvalue weighted by Gasteiger charge is 2.71. The van der Waals surface area contributed by atoms with Crippen LogP contribution in [0.25, 0.3) is 0 Å². The number of pyridine rings is 1. The van der Waals surface area contributed by atoms with Crippen LogP contribution in [0.3, 0.4) is 0 Å². The number of phenols is 1. The summed E-state index contributed by atoms with van der Waals surface area (Å²) in [6.07, 6.45) is -2.64. The van der Waals surface area contributed by atoms with Gasteiger partial charge < -0.3 is 19.9 Å². The highest BCUT2D eigenvalue weighted by Crippen LogP contribution is 2.65. The van der Waals surface area contributed by atoms with Crippen LogP contribution in [0.2, 0.25) is 10.0 Å². The summed E-state index contributed by atoms with van der Waals surface area (Å²) in [5.41, 5.74) is 0.633. The smallest absolute Gasteiger partial charge is 0.488 e. The highest BCUT2D eigenvalue weighted by molar-refractivity contribution is 6.58. The van der Waals surface area contributed by atoms with Gasteiger partial charge in [-0.25, -0.2) is 4.98 Å². The van der Waals surface area contributed by atoms with Gasteiger partial charge in [-0.15, -0.1) is 0 Å². The zero-order chi connectivity index (χ0) is 40.7. The first-order valence-electron chi connectivity index (χ1n) is 17.6. The molecule has 3 aromatic carbocycles. The van der Waals surface area contributed by atoms with Crippen LogP contribution >= 0.6 is 23.2 Å². The van der Waals surface area contributed by atoms with Gasteiger partial charge in [-0.1, -0.05) is 71.2 Å². The number of aromatic nitrogens is 1. The van der Waals surface area contributed by atoms with Gasteiger partial charge in [0, 0.05) is 22.7 Å². The molecule has 8 rings (SSSR count). The van der Waals surface area contributed by atoms with Crippen molar-refractivity contribution >= 4 is 70.9 Å². The maximum absolute atomic E-state index is 15.3. The number of phenolic OH excluding ortho intramolecular Hbond substituents is 1. The maximum Gasteiger partial charge on any atom is 0.488 e. The van der Waals surface area contributed by atoms with Gasteiger partial charge in [-0.2, -0.15) is 18.2 Å². The van der Waals surface area contributed by atoms with E-state index in [0.29, 0.717) is 33.4 Å². The number of carbonyl (C=O) groups is 4. The van der Waals surface area contributed by atoms with E-state index in [2.05, 4.69) is 10.4 Å². The van der Waals surface area contributed by atoms with Gasteiger partial charge in [0.15, 0.2) is 17.3 Å². The van der Waals surface area contributed by atoms with Gasteiger partial charge in [0.05, 0.1) is 46.6 Å². The number of aromatic hydroxyl groups is 1. The Morgan fingerprint density at radius 3 is 2.33 bits per heavy atom. The van der Waals surface area contributed by atoms with Crippen molar-refractivity contribution in [1.29, 1.82) is 0 Å². The van der Waals surface area contributed by atoms with Gasteiger partial charge >= 0.3 is 13.3 Å². The van der Waals surface area contributed by atoms with E-state index in [1.807, 2.05) is 0 Å². The van der Waals surface area contributed by atoms with Crippen molar-refractivity contribution in [2.24, 2.45) is 23.7 Å². The van der Waals surface area contributed by atoms with E-state index in [0.717, 1.165) is 4.90 Å². The molecule has 3 fully saturated rings. The molecule has 4 aliphatic rings. The second-order valence-corrected chi connectivity index (χ2v) is 15.1. The van der Waals surface area contributed by atoms with Gasteiger partial charge in [-0.05, 0) is 66.2 Å². The van der Waals surface area contributed by atoms with Crippen molar-refractivity contribution in [1.82, 2.24) is 9.99 Å². The summed E-state index contributed by atoms with van der Waals surface area (Å²) in [5.74, 6) is -8.87. The van der Waals surface area contributed by atoms with E-state index in [9.17, 15) is 42.7 Å². The number of ether oxygens (including phenoxy) is 1. The third kappa shape index (κ3) is 5.87. The third-order valence-corrected chi connectivity index (χ3v) is 12.1. The van der Waals surface area contributed by atoms with Crippen LogP contribution in [-0.2, 0) is 30.8 Å². The fourth-order valence-corrected chi connectivity index (χ4v) is 9.48. The van der Waals surface area contributed by atoms with E-state index in [1.54, 1.807) is 30.3 Å². The standard InChI is InChI=1S/C39H30BCl2F3N4O8/c1-57-29-7-3-6-25(32(29)50)31-23-12-13-24-30(36(53)48(34(24)51)22-5-2-4-20(15-22)40(55)56)26(23)16-27-35(52)49(37(54)38(27,31)18-8-10-21(41)11-9-18)47-33-28(42)14-19(17-46-33)39(43,44)45/h2-12,14-15,17,24,26-27,30-31,50,55-56H,13,16H2,1H3,(H,46,47)/t24-,26+,27-,30-,31+,38+/m0/s1. The Bertz CT molecular complexity index is 2400. The molecule has 4 N–H and O–H groups in total. The van der Waals surface area contributed by atoms with Crippen molar-refractivity contribution in [3.63, 3.8) is 0 Å². The van der Waals surface area contributed by atoms with Gasteiger partial charge in [0.1, 0.15) is 0 Å². The average molecular weight is 821 g/mol. The normalized spacial score (nSPS) is 25.5. The third-order valence-electron chi connectivity index (χ3n) is 11.5. The first kappa shape index (κ1) is 38.5. The SMILES string of the molecule is COc1cccc([C@H]2C3=CC[C@@H]4C(=O)N(c5cccc(B(O)O)c5)C(=O)[C@@H]4[C@@H]3C[C@H]3C(=O)N(Nc4ncc(C(F)(F)F)cc4Cl)C(=O)[C@@]23c2ccc(Cl)cc2)c1O. The topological polar surface area (TPSA) is 170 Å². The number of nitrogens with zero attached hydrogens (tertiary/aromatic N) is 3. The van der Waals surface area contributed by atoms with Crippen LogP contribution in [0.5, 0.6) is 11.5 Å². The lowest BCUT2D eigenvalue weighted by Crippen LogP contribution is -2.53.